The Labute approximate surface area is 172 Å². The minimum Gasteiger partial charge on any atom is -0.493 e. The van der Waals surface area contributed by atoms with E-state index in [1.807, 2.05) is 19.9 Å². The number of ether oxygens (including phenoxy) is 4. The summed E-state index contributed by atoms with van der Waals surface area (Å²) in [6.45, 7) is 7.13. The molecule has 0 aromatic heterocycles. The van der Waals surface area contributed by atoms with Gasteiger partial charge in [0.2, 0.25) is 0 Å². The fourth-order valence-electron chi connectivity index (χ4n) is 3.50. The molecule has 2 atom stereocenters. The minimum atomic E-state index is -4.50. The molecule has 7 nitrogen and oxygen atoms in total. The van der Waals surface area contributed by atoms with Crippen LogP contribution in [-0.4, -0.2) is 40.4 Å². The summed E-state index contributed by atoms with van der Waals surface area (Å²) in [5, 5.41) is -1.34. The van der Waals surface area contributed by atoms with E-state index < -0.39 is 21.5 Å². The second kappa shape index (κ2) is 8.92. The van der Waals surface area contributed by atoms with Crippen molar-refractivity contribution in [2.75, 3.05) is 21.3 Å². The van der Waals surface area contributed by atoms with Gasteiger partial charge >= 0.3 is 0 Å². The molecule has 0 spiro atoms. The van der Waals surface area contributed by atoms with Crippen LogP contribution in [0, 0.1) is 20.8 Å². The summed E-state index contributed by atoms with van der Waals surface area (Å²) in [5.74, 6) is 1.78. The summed E-state index contributed by atoms with van der Waals surface area (Å²) in [7, 11) is -0.0186. The van der Waals surface area contributed by atoms with E-state index in [4.69, 9.17) is 18.9 Å². The Balaban J connectivity index is 2.55. The monoisotopic (exact) mass is 424 g/mol. The maximum atomic E-state index is 12.3. The third kappa shape index (κ3) is 4.94. The Kier molecular flexibility index (Phi) is 7.02. The molecular formula is C21H28O7S. The molecule has 0 radical (unpaired) electrons. The molecule has 2 rings (SSSR count). The van der Waals surface area contributed by atoms with E-state index in [9.17, 15) is 13.0 Å². The van der Waals surface area contributed by atoms with Gasteiger partial charge in [-0.25, -0.2) is 0 Å². The van der Waals surface area contributed by atoms with E-state index in [1.54, 1.807) is 26.0 Å². The van der Waals surface area contributed by atoms with Crippen LogP contribution in [-0.2, 0) is 10.1 Å². The quantitative estimate of drug-likeness (QED) is 0.640. The molecule has 2 unspecified atom stereocenters. The predicted octanol–water partition coefficient (Wildman–Crippen LogP) is 4.03. The SMILES string of the molecule is COc1cc(C(C(C)Oc2c(C)cc(C)cc2OC)S(=O)(=O)O)cc(C)c1OC. The molecule has 29 heavy (non-hydrogen) atoms. The molecule has 2 aromatic carbocycles. The van der Waals surface area contributed by atoms with Crippen LogP contribution < -0.4 is 18.9 Å². The second-order valence-corrected chi connectivity index (χ2v) is 8.48. The summed E-state index contributed by atoms with van der Waals surface area (Å²) in [5.41, 5.74) is 2.79. The molecule has 0 bridgehead atoms. The molecule has 0 saturated heterocycles. The second-order valence-electron chi connectivity index (χ2n) is 6.95. The number of rotatable bonds is 8. The van der Waals surface area contributed by atoms with Crippen LogP contribution in [0.1, 0.15) is 34.4 Å². The van der Waals surface area contributed by atoms with Crippen LogP contribution in [0.15, 0.2) is 24.3 Å². The van der Waals surface area contributed by atoms with E-state index >= 15 is 0 Å². The van der Waals surface area contributed by atoms with Crippen molar-refractivity contribution in [3.05, 3.63) is 46.5 Å². The van der Waals surface area contributed by atoms with Crippen molar-refractivity contribution >= 4 is 10.1 Å². The van der Waals surface area contributed by atoms with Gasteiger partial charge in [-0.15, -0.1) is 0 Å². The van der Waals surface area contributed by atoms with E-state index in [1.165, 1.54) is 27.4 Å². The number of methoxy groups -OCH3 is 3. The average Bonchev–Trinajstić information content (AvgIpc) is 2.62. The van der Waals surface area contributed by atoms with Gasteiger partial charge < -0.3 is 18.9 Å². The van der Waals surface area contributed by atoms with E-state index in [0.29, 0.717) is 34.1 Å². The number of hydrogen-bond acceptors (Lipinski definition) is 6. The highest BCUT2D eigenvalue weighted by atomic mass is 32.2. The van der Waals surface area contributed by atoms with Gasteiger partial charge in [-0.05, 0) is 62.1 Å². The van der Waals surface area contributed by atoms with E-state index in [2.05, 4.69) is 0 Å². The first-order chi connectivity index (χ1) is 13.5. The lowest BCUT2D eigenvalue weighted by Gasteiger charge is -2.26. The highest BCUT2D eigenvalue weighted by Gasteiger charge is 2.35. The van der Waals surface area contributed by atoms with Gasteiger partial charge in [0.15, 0.2) is 23.0 Å². The molecule has 0 aliphatic heterocycles. The smallest absolute Gasteiger partial charge is 0.275 e. The molecule has 160 valence electrons. The van der Waals surface area contributed by atoms with Crippen molar-refractivity contribution in [2.45, 2.75) is 39.0 Å². The largest absolute Gasteiger partial charge is 0.493 e. The maximum absolute atomic E-state index is 12.3. The molecule has 0 amide bonds. The van der Waals surface area contributed by atoms with Gasteiger partial charge in [-0.2, -0.15) is 8.42 Å². The van der Waals surface area contributed by atoms with Crippen LogP contribution in [0.25, 0.3) is 0 Å². The number of aryl methyl sites for hydroxylation is 3. The van der Waals surface area contributed by atoms with Crippen LogP contribution in [0.2, 0.25) is 0 Å². The fourth-order valence-corrected chi connectivity index (χ4v) is 4.52. The first kappa shape index (κ1) is 22.8. The third-order valence-corrected chi connectivity index (χ3v) is 5.97. The fraction of sp³-hybridized carbons (Fsp3) is 0.429. The van der Waals surface area contributed by atoms with Crippen molar-refractivity contribution in [3.8, 4) is 23.0 Å². The van der Waals surface area contributed by atoms with Crippen molar-refractivity contribution in [3.63, 3.8) is 0 Å². The standard InChI is InChI=1S/C21H28O7S/c1-12-8-13(2)20(17(9-12)25-5)28-15(4)21(29(22,23)24)16-10-14(3)19(27-7)18(11-16)26-6/h8-11,15,21H,1-7H3,(H,22,23,24). The topological polar surface area (TPSA) is 91.3 Å². The lowest BCUT2D eigenvalue weighted by molar-refractivity contribution is 0.199. The molecule has 0 aliphatic carbocycles. The molecule has 8 heteroatoms. The average molecular weight is 425 g/mol. The van der Waals surface area contributed by atoms with Crippen molar-refractivity contribution in [1.82, 2.24) is 0 Å². The highest BCUT2D eigenvalue weighted by molar-refractivity contribution is 7.86. The Hall–Kier alpha value is -2.45. The van der Waals surface area contributed by atoms with Gasteiger partial charge in [0, 0.05) is 0 Å². The van der Waals surface area contributed by atoms with Gasteiger partial charge in [0.05, 0.1) is 21.3 Å². The van der Waals surface area contributed by atoms with Gasteiger partial charge in [0.25, 0.3) is 10.1 Å². The summed E-state index contributed by atoms with van der Waals surface area (Å²) >= 11 is 0. The predicted molar refractivity (Wildman–Crippen MR) is 111 cm³/mol. The highest BCUT2D eigenvalue weighted by Crippen LogP contribution is 2.39. The number of hydrogen-bond donors (Lipinski definition) is 1. The lowest BCUT2D eigenvalue weighted by atomic mass is 10.0. The third-order valence-electron chi connectivity index (χ3n) is 4.67. The van der Waals surface area contributed by atoms with Crippen molar-refractivity contribution in [1.29, 1.82) is 0 Å². The summed E-state index contributed by atoms with van der Waals surface area (Å²) in [4.78, 5) is 0. The lowest BCUT2D eigenvalue weighted by Crippen LogP contribution is -2.29. The van der Waals surface area contributed by atoms with E-state index in [0.717, 1.165) is 11.1 Å². The zero-order chi connectivity index (χ0) is 21.9. The Morgan fingerprint density at radius 2 is 1.38 bits per heavy atom. The van der Waals surface area contributed by atoms with Crippen molar-refractivity contribution < 1.29 is 31.9 Å². The Morgan fingerprint density at radius 1 is 0.828 bits per heavy atom. The minimum absolute atomic E-state index is 0.332. The molecule has 0 aliphatic rings. The molecule has 1 N–H and O–H groups in total. The van der Waals surface area contributed by atoms with Crippen LogP contribution in [0.5, 0.6) is 23.0 Å². The zero-order valence-corrected chi connectivity index (χ0v) is 18.6. The van der Waals surface area contributed by atoms with Gasteiger partial charge in [0.1, 0.15) is 11.4 Å². The van der Waals surface area contributed by atoms with Crippen LogP contribution in [0.3, 0.4) is 0 Å². The van der Waals surface area contributed by atoms with Crippen LogP contribution >= 0.6 is 0 Å². The maximum Gasteiger partial charge on any atom is 0.275 e. The first-order valence-electron chi connectivity index (χ1n) is 9.04. The molecule has 0 heterocycles. The van der Waals surface area contributed by atoms with Crippen molar-refractivity contribution in [2.24, 2.45) is 0 Å². The zero-order valence-electron chi connectivity index (χ0n) is 17.8. The molecule has 2 aromatic rings. The first-order valence-corrected chi connectivity index (χ1v) is 10.5. The summed E-state index contributed by atoms with van der Waals surface area (Å²) in [6, 6.07) is 6.88. The molecule has 0 saturated carbocycles. The summed E-state index contributed by atoms with van der Waals surface area (Å²) < 4.78 is 56.6. The normalized spacial score (nSPS) is 13.5. The molecular weight excluding hydrogens is 396 g/mol. The Morgan fingerprint density at radius 3 is 1.90 bits per heavy atom. The number of benzene rings is 2. The summed E-state index contributed by atoms with van der Waals surface area (Å²) in [6.07, 6.45) is -0.919. The Bertz CT molecular complexity index is 983. The van der Waals surface area contributed by atoms with Crippen LogP contribution in [0.4, 0.5) is 0 Å². The van der Waals surface area contributed by atoms with Gasteiger partial charge in [-0.3, -0.25) is 4.55 Å². The molecule has 0 fully saturated rings. The van der Waals surface area contributed by atoms with Gasteiger partial charge in [-0.1, -0.05) is 12.1 Å². The van der Waals surface area contributed by atoms with E-state index in [-0.39, 0.29) is 0 Å².